The maximum Gasteiger partial charge on any atom is 0.239 e. The zero-order valence-corrected chi connectivity index (χ0v) is 19.4. The first-order chi connectivity index (χ1) is 15.5. The van der Waals surface area contributed by atoms with Crippen LogP contribution in [0.2, 0.25) is 10.0 Å². The lowest BCUT2D eigenvalue weighted by Crippen LogP contribution is -2.53. The number of carbonyl (C=O) groups is 1. The summed E-state index contributed by atoms with van der Waals surface area (Å²) in [5.74, 6) is 1.01. The SMILES string of the molecule is CC(c1ccc(Cl)cc1Cl)n1ncc2ncc(N3CCN(C(=O)C4CCCN4)CC3)nc21. The van der Waals surface area contributed by atoms with E-state index in [1.54, 1.807) is 18.5 Å². The predicted molar refractivity (Wildman–Crippen MR) is 125 cm³/mol. The summed E-state index contributed by atoms with van der Waals surface area (Å²) in [6.07, 6.45) is 5.50. The number of benzene rings is 1. The van der Waals surface area contributed by atoms with Crippen molar-refractivity contribution in [1.29, 1.82) is 0 Å². The van der Waals surface area contributed by atoms with Crippen LogP contribution < -0.4 is 10.2 Å². The van der Waals surface area contributed by atoms with Gasteiger partial charge in [0.25, 0.3) is 0 Å². The molecule has 3 aromatic rings. The zero-order valence-electron chi connectivity index (χ0n) is 17.8. The average molecular weight is 474 g/mol. The molecular weight excluding hydrogens is 449 g/mol. The molecule has 0 spiro atoms. The fourth-order valence-corrected chi connectivity index (χ4v) is 5.06. The number of hydrogen-bond acceptors (Lipinski definition) is 6. The van der Waals surface area contributed by atoms with E-state index in [0.717, 1.165) is 49.4 Å². The highest BCUT2D eigenvalue weighted by molar-refractivity contribution is 6.35. The molecule has 2 aromatic heterocycles. The number of nitrogens with zero attached hydrogens (tertiary/aromatic N) is 6. The Balaban J connectivity index is 1.34. The van der Waals surface area contributed by atoms with Crippen LogP contribution in [0, 0.1) is 0 Å². The topological polar surface area (TPSA) is 79.2 Å². The summed E-state index contributed by atoms with van der Waals surface area (Å²) in [6, 6.07) is 5.32. The molecule has 32 heavy (non-hydrogen) atoms. The number of hydrogen-bond donors (Lipinski definition) is 1. The average Bonchev–Trinajstić information content (AvgIpc) is 3.48. The van der Waals surface area contributed by atoms with Crippen molar-refractivity contribution in [3.63, 3.8) is 0 Å². The smallest absolute Gasteiger partial charge is 0.239 e. The van der Waals surface area contributed by atoms with Gasteiger partial charge in [-0.3, -0.25) is 4.79 Å². The number of fused-ring (bicyclic) bond motifs is 1. The van der Waals surface area contributed by atoms with E-state index in [4.69, 9.17) is 28.2 Å². The van der Waals surface area contributed by atoms with E-state index in [-0.39, 0.29) is 18.0 Å². The van der Waals surface area contributed by atoms with Crippen molar-refractivity contribution in [3.8, 4) is 0 Å². The van der Waals surface area contributed by atoms with Gasteiger partial charge < -0.3 is 15.1 Å². The fraction of sp³-hybridized carbons (Fsp3) is 0.455. The van der Waals surface area contributed by atoms with Crippen molar-refractivity contribution < 1.29 is 4.79 Å². The predicted octanol–water partition coefficient (Wildman–Crippen LogP) is 3.14. The quantitative estimate of drug-likeness (QED) is 0.626. The largest absolute Gasteiger partial charge is 0.352 e. The van der Waals surface area contributed by atoms with E-state index < -0.39 is 0 Å². The molecule has 168 valence electrons. The van der Waals surface area contributed by atoms with Crippen LogP contribution in [0.3, 0.4) is 0 Å². The van der Waals surface area contributed by atoms with Crippen LogP contribution in [0.5, 0.6) is 0 Å². The van der Waals surface area contributed by atoms with Crippen LogP contribution in [0.4, 0.5) is 5.82 Å². The lowest BCUT2D eigenvalue weighted by Gasteiger charge is -2.36. The van der Waals surface area contributed by atoms with Gasteiger partial charge in [0.2, 0.25) is 5.91 Å². The van der Waals surface area contributed by atoms with Gasteiger partial charge >= 0.3 is 0 Å². The first-order valence-electron chi connectivity index (χ1n) is 10.9. The Morgan fingerprint density at radius 1 is 1.19 bits per heavy atom. The molecule has 2 saturated heterocycles. The number of rotatable bonds is 4. The standard InChI is InChI=1S/C22H25Cl2N7O/c1-14(16-5-4-15(23)11-17(16)24)31-21-19(12-27-31)26-13-20(28-21)29-7-9-30(10-8-29)22(32)18-3-2-6-25-18/h4-5,11-14,18,25H,2-3,6-10H2,1H3. The van der Waals surface area contributed by atoms with Gasteiger partial charge in [-0.2, -0.15) is 5.10 Å². The molecule has 4 heterocycles. The third-order valence-corrected chi connectivity index (χ3v) is 6.91. The molecule has 5 rings (SSSR count). The van der Waals surface area contributed by atoms with E-state index in [1.165, 1.54) is 0 Å². The highest BCUT2D eigenvalue weighted by Gasteiger charge is 2.29. The Kier molecular flexibility index (Phi) is 5.92. The molecule has 1 aromatic carbocycles. The van der Waals surface area contributed by atoms with Crippen molar-refractivity contribution in [2.45, 2.75) is 31.8 Å². The molecule has 2 aliphatic heterocycles. The minimum absolute atomic E-state index is 0.0202. The normalized spacial score (nSPS) is 20.2. The summed E-state index contributed by atoms with van der Waals surface area (Å²) in [4.78, 5) is 26.3. The summed E-state index contributed by atoms with van der Waals surface area (Å²) in [6.45, 7) is 5.78. The molecule has 2 atom stereocenters. The van der Waals surface area contributed by atoms with Crippen LogP contribution >= 0.6 is 23.2 Å². The highest BCUT2D eigenvalue weighted by Crippen LogP contribution is 2.30. The molecule has 0 bridgehead atoms. The second kappa shape index (κ2) is 8.84. The van der Waals surface area contributed by atoms with Gasteiger partial charge in [0.15, 0.2) is 5.65 Å². The first kappa shape index (κ1) is 21.4. The Morgan fingerprint density at radius 2 is 2.00 bits per heavy atom. The monoisotopic (exact) mass is 473 g/mol. The van der Waals surface area contributed by atoms with E-state index in [9.17, 15) is 4.79 Å². The Bertz CT molecular complexity index is 1140. The van der Waals surface area contributed by atoms with Gasteiger partial charge in [-0.1, -0.05) is 29.3 Å². The van der Waals surface area contributed by atoms with E-state index in [2.05, 4.69) is 20.3 Å². The van der Waals surface area contributed by atoms with E-state index >= 15 is 0 Å². The molecule has 1 N–H and O–H groups in total. The van der Waals surface area contributed by atoms with Crippen LogP contribution in [-0.2, 0) is 4.79 Å². The summed E-state index contributed by atoms with van der Waals surface area (Å²) in [5, 5.41) is 9.01. The number of aromatic nitrogens is 4. The minimum atomic E-state index is -0.129. The Labute approximate surface area is 196 Å². The summed E-state index contributed by atoms with van der Waals surface area (Å²) in [5.41, 5.74) is 2.35. The molecule has 10 heteroatoms. The van der Waals surface area contributed by atoms with Crippen molar-refractivity contribution in [2.24, 2.45) is 0 Å². The van der Waals surface area contributed by atoms with Gasteiger partial charge in [0.1, 0.15) is 11.3 Å². The highest BCUT2D eigenvalue weighted by atomic mass is 35.5. The van der Waals surface area contributed by atoms with Crippen LogP contribution in [0.25, 0.3) is 11.2 Å². The molecule has 1 amide bonds. The zero-order chi connectivity index (χ0) is 22.2. The van der Waals surface area contributed by atoms with Gasteiger partial charge in [-0.15, -0.1) is 0 Å². The number of anilines is 1. The van der Waals surface area contributed by atoms with Crippen LogP contribution in [-0.4, -0.2) is 69.3 Å². The van der Waals surface area contributed by atoms with Crippen molar-refractivity contribution in [2.75, 3.05) is 37.6 Å². The fourth-order valence-electron chi connectivity index (χ4n) is 4.49. The first-order valence-corrected chi connectivity index (χ1v) is 11.7. The second-order valence-electron chi connectivity index (χ2n) is 8.33. The van der Waals surface area contributed by atoms with Gasteiger partial charge in [-0.25, -0.2) is 14.6 Å². The molecule has 0 saturated carbocycles. The van der Waals surface area contributed by atoms with Crippen molar-refractivity contribution >= 4 is 46.1 Å². The number of amides is 1. The third kappa shape index (κ3) is 4.02. The molecule has 0 aliphatic carbocycles. The molecule has 0 radical (unpaired) electrons. The van der Waals surface area contributed by atoms with E-state index in [1.807, 2.05) is 28.6 Å². The van der Waals surface area contributed by atoms with Crippen molar-refractivity contribution in [3.05, 3.63) is 46.2 Å². The molecule has 2 fully saturated rings. The lowest BCUT2D eigenvalue weighted by molar-refractivity contribution is -0.133. The number of nitrogens with one attached hydrogen (secondary N) is 1. The van der Waals surface area contributed by atoms with Gasteiger partial charge in [-0.05, 0) is 44.0 Å². The molecule has 8 nitrogen and oxygen atoms in total. The molecular formula is C22H25Cl2N7O. The summed E-state index contributed by atoms with van der Waals surface area (Å²) in [7, 11) is 0. The van der Waals surface area contributed by atoms with E-state index in [0.29, 0.717) is 28.8 Å². The second-order valence-corrected chi connectivity index (χ2v) is 9.17. The Hall–Kier alpha value is -2.42. The minimum Gasteiger partial charge on any atom is -0.352 e. The Morgan fingerprint density at radius 3 is 2.72 bits per heavy atom. The maximum absolute atomic E-state index is 12.7. The third-order valence-electron chi connectivity index (χ3n) is 6.34. The van der Waals surface area contributed by atoms with Crippen LogP contribution in [0.1, 0.15) is 31.4 Å². The number of halogens is 2. The number of carbonyl (C=O) groups excluding carboxylic acids is 1. The lowest BCUT2D eigenvalue weighted by atomic mass is 10.1. The number of piperazine rings is 1. The maximum atomic E-state index is 12.7. The van der Waals surface area contributed by atoms with Crippen LogP contribution in [0.15, 0.2) is 30.6 Å². The van der Waals surface area contributed by atoms with Gasteiger partial charge in [0.05, 0.1) is 24.5 Å². The van der Waals surface area contributed by atoms with Crippen molar-refractivity contribution in [1.82, 2.24) is 30.0 Å². The summed E-state index contributed by atoms with van der Waals surface area (Å²) >= 11 is 12.5. The van der Waals surface area contributed by atoms with Gasteiger partial charge in [0, 0.05) is 36.2 Å². The molecule has 2 aliphatic rings. The summed E-state index contributed by atoms with van der Waals surface area (Å²) < 4.78 is 1.84. The molecule has 2 unspecified atom stereocenters.